The van der Waals surface area contributed by atoms with Crippen LogP contribution in [-0.4, -0.2) is 41.4 Å². The van der Waals surface area contributed by atoms with Crippen LogP contribution in [0.3, 0.4) is 0 Å². The van der Waals surface area contributed by atoms with E-state index in [0.29, 0.717) is 17.6 Å². The molecule has 2 saturated heterocycles. The normalized spacial score (nSPS) is 23.2. The van der Waals surface area contributed by atoms with E-state index in [1.54, 1.807) is 18.2 Å². The number of nitrogens with zero attached hydrogens (tertiary/aromatic N) is 1. The number of hydrogen-bond acceptors (Lipinski definition) is 3. The van der Waals surface area contributed by atoms with Crippen LogP contribution < -0.4 is 10.6 Å². The fourth-order valence-corrected chi connectivity index (χ4v) is 5.15. The Labute approximate surface area is 190 Å². The highest BCUT2D eigenvalue weighted by molar-refractivity contribution is 9.10. The minimum atomic E-state index is -0.246. The van der Waals surface area contributed by atoms with Crippen molar-refractivity contribution in [2.75, 3.05) is 6.54 Å². The molecule has 7 heteroatoms. The Morgan fingerprint density at radius 2 is 1.77 bits per heavy atom. The van der Waals surface area contributed by atoms with Gasteiger partial charge in [0.2, 0.25) is 5.91 Å². The Hall–Kier alpha value is -1.89. The second-order valence-corrected chi connectivity index (χ2v) is 9.46. The third-order valence-electron chi connectivity index (χ3n) is 6.02. The maximum atomic E-state index is 12.4. The van der Waals surface area contributed by atoms with Crippen molar-refractivity contribution < 1.29 is 9.59 Å². The number of halogens is 2. The number of carbonyl (C=O) groups excluding carboxylic acids is 2. The van der Waals surface area contributed by atoms with Crippen molar-refractivity contribution in [3.63, 3.8) is 0 Å². The van der Waals surface area contributed by atoms with Crippen molar-refractivity contribution >= 4 is 39.3 Å². The van der Waals surface area contributed by atoms with Gasteiger partial charge in [-0.1, -0.05) is 45.7 Å². The second-order valence-electron chi connectivity index (χ2n) is 8.11. The minimum Gasteiger partial charge on any atom is -0.352 e. The van der Waals surface area contributed by atoms with Crippen molar-refractivity contribution in [2.45, 2.75) is 50.4 Å². The smallest absolute Gasteiger partial charge is 0.251 e. The fourth-order valence-electron chi connectivity index (χ4n) is 4.62. The Morgan fingerprint density at radius 3 is 2.43 bits per heavy atom. The van der Waals surface area contributed by atoms with Gasteiger partial charge in [0.25, 0.3) is 5.91 Å². The summed E-state index contributed by atoms with van der Waals surface area (Å²) in [6, 6.07) is 16.3. The Morgan fingerprint density at radius 1 is 1.07 bits per heavy atom. The lowest BCUT2D eigenvalue weighted by Gasteiger charge is -2.39. The van der Waals surface area contributed by atoms with Crippen LogP contribution in [0.4, 0.5) is 0 Å². The molecule has 0 aromatic heterocycles. The van der Waals surface area contributed by atoms with Gasteiger partial charge in [0, 0.05) is 39.7 Å². The molecular formula is C23H25BrClN3O2. The van der Waals surface area contributed by atoms with Gasteiger partial charge in [-0.25, -0.2) is 0 Å². The Bertz CT molecular complexity index is 907. The summed E-state index contributed by atoms with van der Waals surface area (Å²) in [7, 11) is 0. The molecule has 2 aliphatic heterocycles. The first-order valence-electron chi connectivity index (χ1n) is 10.3. The van der Waals surface area contributed by atoms with E-state index >= 15 is 0 Å². The molecule has 0 aliphatic carbocycles. The van der Waals surface area contributed by atoms with Gasteiger partial charge in [-0.3, -0.25) is 14.5 Å². The van der Waals surface area contributed by atoms with E-state index in [9.17, 15) is 9.59 Å². The van der Waals surface area contributed by atoms with Gasteiger partial charge in [-0.15, -0.1) is 0 Å². The van der Waals surface area contributed by atoms with Gasteiger partial charge < -0.3 is 10.6 Å². The average molecular weight is 491 g/mol. The zero-order chi connectivity index (χ0) is 21.1. The number of hydrogen-bond donors (Lipinski definition) is 2. The molecule has 2 bridgehead atoms. The second kappa shape index (κ2) is 9.50. The van der Waals surface area contributed by atoms with E-state index in [-0.39, 0.29) is 24.4 Å². The molecule has 2 N–H and O–H groups in total. The summed E-state index contributed by atoms with van der Waals surface area (Å²) in [5.74, 6) is -0.377. The van der Waals surface area contributed by atoms with Crippen LogP contribution in [0, 0.1) is 0 Å². The predicted molar refractivity (Wildman–Crippen MR) is 121 cm³/mol. The summed E-state index contributed by atoms with van der Waals surface area (Å²) in [6.45, 7) is 0.918. The molecule has 5 nitrogen and oxygen atoms in total. The first kappa shape index (κ1) is 21.3. The van der Waals surface area contributed by atoms with Crippen molar-refractivity contribution in [3.05, 3.63) is 69.2 Å². The summed E-state index contributed by atoms with van der Waals surface area (Å²) in [4.78, 5) is 27.2. The summed E-state index contributed by atoms with van der Waals surface area (Å²) < 4.78 is 0.834. The molecule has 2 fully saturated rings. The summed E-state index contributed by atoms with van der Waals surface area (Å²) in [5.41, 5.74) is 1.81. The zero-order valence-electron chi connectivity index (χ0n) is 16.6. The number of rotatable bonds is 6. The summed E-state index contributed by atoms with van der Waals surface area (Å²) in [6.07, 6.45) is 4.25. The van der Waals surface area contributed by atoms with E-state index < -0.39 is 0 Å². The summed E-state index contributed by atoms with van der Waals surface area (Å²) in [5, 5.41) is 6.59. The third kappa shape index (κ3) is 5.23. The van der Waals surface area contributed by atoms with Crippen LogP contribution in [0.15, 0.2) is 53.0 Å². The molecule has 0 saturated carbocycles. The molecule has 4 rings (SSSR count). The number of piperidine rings is 1. The van der Waals surface area contributed by atoms with Gasteiger partial charge in [-0.05, 0) is 61.6 Å². The highest BCUT2D eigenvalue weighted by Gasteiger charge is 2.40. The highest BCUT2D eigenvalue weighted by Crippen LogP contribution is 2.36. The molecule has 2 aromatic rings. The molecule has 2 aromatic carbocycles. The first-order chi connectivity index (χ1) is 14.5. The SMILES string of the molecule is O=C(CNC(=O)c1cccc(Br)c1)N[C@H]1C[C@H]2CC[C@@H](C1)N2Cc1ccc(Cl)cc1. The quantitative estimate of drug-likeness (QED) is 0.640. The molecule has 0 radical (unpaired) electrons. The molecule has 2 aliphatic rings. The molecule has 3 atom stereocenters. The van der Waals surface area contributed by atoms with Gasteiger partial charge >= 0.3 is 0 Å². The standard InChI is InChI=1S/C23H25BrClN3O2/c24-17-3-1-2-16(10-17)23(30)26-13-22(29)27-19-11-20-8-9-21(12-19)28(20)14-15-4-6-18(25)7-5-15/h1-7,10,19-21H,8-9,11-14H2,(H,26,30)(H,27,29)/t19-,20+,21-. The van der Waals surface area contributed by atoms with E-state index in [4.69, 9.17) is 11.6 Å². The average Bonchev–Trinajstić information content (AvgIpc) is 2.95. The fraction of sp³-hybridized carbons (Fsp3) is 0.391. The van der Waals surface area contributed by atoms with Crippen molar-refractivity contribution in [2.24, 2.45) is 0 Å². The molecular weight excluding hydrogens is 466 g/mol. The molecule has 0 spiro atoms. The van der Waals surface area contributed by atoms with Crippen LogP contribution in [0.25, 0.3) is 0 Å². The lowest BCUT2D eigenvalue weighted by Crippen LogP contribution is -2.51. The molecule has 0 unspecified atom stereocenters. The minimum absolute atomic E-state index is 0.00826. The molecule has 158 valence electrons. The summed E-state index contributed by atoms with van der Waals surface area (Å²) >= 11 is 9.35. The Kier molecular flexibility index (Phi) is 6.76. The number of carbonyl (C=O) groups is 2. The van der Waals surface area contributed by atoms with Crippen LogP contribution >= 0.6 is 27.5 Å². The van der Waals surface area contributed by atoms with E-state index in [1.807, 2.05) is 18.2 Å². The van der Waals surface area contributed by atoms with Gasteiger partial charge in [0.1, 0.15) is 0 Å². The van der Waals surface area contributed by atoms with Crippen molar-refractivity contribution in [1.82, 2.24) is 15.5 Å². The zero-order valence-corrected chi connectivity index (χ0v) is 19.0. The van der Waals surface area contributed by atoms with Crippen LogP contribution in [-0.2, 0) is 11.3 Å². The van der Waals surface area contributed by atoms with Gasteiger partial charge in [0.05, 0.1) is 6.54 Å². The molecule has 2 heterocycles. The van der Waals surface area contributed by atoms with Crippen LogP contribution in [0.1, 0.15) is 41.6 Å². The van der Waals surface area contributed by atoms with E-state index in [0.717, 1.165) is 28.9 Å². The number of fused-ring (bicyclic) bond motifs is 2. The van der Waals surface area contributed by atoms with E-state index in [1.165, 1.54) is 18.4 Å². The largest absolute Gasteiger partial charge is 0.352 e. The number of amides is 2. The van der Waals surface area contributed by atoms with Crippen molar-refractivity contribution in [1.29, 1.82) is 0 Å². The maximum Gasteiger partial charge on any atom is 0.251 e. The van der Waals surface area contributed by atoms with Crippen LogP contribution in [0.2, 0.25) is 5.02 Å². The maximum absolute atomic E-state index is 12.4. The van der Waals surface area contributed by atoms with Gasteiger partial charge in [0.15, 0.2) is 0 Å². The molecule has 2 amide bonds. The lowest BCUT2D eigenvalue weighted by atomic mass is 9.96. The number of nitrogens with one attached hydrogen (secondary N) is 2. The lowest BCUT2D eigenvalue weighted by molar-refractivity contribution is -0.121. The monoisotopic (exact) mass is 489 g/mol. The number of benzene rings is 2. The predicted octanol–water partition coefficient (Wildman–Crippen LogP) is 4.14. The molecule has 30 heavy (non-hydrogen) atoms. The van der Waals surface area contributed by atoms with Crippen molar-refractivity contribution in [3.8, 4) is 0 Å². The van der Waals surface area contributed by atoms with Crippen LogP contribution in [0.5, 0.6) is 0 Å². The topological polar surface area (TPSA) is 61.4 Å². The Balaban J connectivity index is 1.26. The first-order valence-corrected chi connectivity index (χ1v) is 11.5. The van der Waals surface area contributed by atoms with Gasteiger partial charge in [-0.2, -0.15) is 0 Å². The van der Waals surface area contributed by atoms with E-state index in [2.05, 4.69) is 43.6 Å². The third-order valence-corrected chi connectivity index (χ3v) is 6.77. The highest BCUT2D eigenvalue weighted by atomic mass is 79.9.